The summed E-state index contributed by atoms with van der Waals surface area (Å²) in [5.41, 5.74) is 4.95. The molecule has 0 radical (unpaired) electrons. The maximum atomic E-state index is 11.4. The van der Waals surface area contributed by atoms with E-state index in [0.717, 1.165) is 38.6 Å². The first-order valence-electron chi connectivity index (χ1n) is 7.90. The molecule has 0 aliphatic rings. The molecule has 0 saturated carbocycles. The number of nitrogens with zero attached hydrogens (tertiary/aromatic N) is 3. The van der Waals surface area contributed by atoms with Gasteiger partial charge in [-0.05, 0) is 30.2 Å². The summed E-state index contributed by atoms with van der Waals surface area (Å²) in [6.07, 6.45) is 3.89. The number of nitrogens with one attached hydrogen (secondary N) is 1. The number of fused-ring (bicyclic) bond motifs is 3. The van der Waals surface area contributed by atoms with Crippen molar-refractivity contribution in [3.05, 3.63) is 60.0 Å². The maximum absolute atomic E-state index is 11.4. The number of aromatic amines is 1. The van der Waals surface area contributed by atoms with Gasteiger partial charge in [-0.1, -0.05) is 24.3 Å². The van der Waals surface area contributed by atoms with Crippen molar-refractivity contribution in [3.63, 3.8) is 0 Å². The summed E-state index contributed by atoms with van der Waals surface area (Å²) in [4.78, 5) is 23.2. The number of hydrogen-bond donors (Lipinski definition) is 1. The van der Waals surface area contributed by atoms with Crippen molar-refractivity contribution in [1.82, 2.24) is 15.0 Å². The third-order valence-corrected chi connectivity index (χ3v) is 4.16. The molecule has 3 heterocycles. The van der Waals surface area contributed by atoms with Crippen LogP contribution in [0.5, 0.6) is 0 Å². The van der Waals surface area contributed by atoms with E-state index in [1.807, 2.05) is 30.5 Å². The van der Waals surface area contributed by atoms with E-state index in [4.69, 9.17) is 5.26 Å². The second-order valence-corrected chi connectivity index (χ2v) is 6.05. The van der Waals surface area contributed by atoms with Gasteiger partial charge in [-0.25, -0.2) is 9.97 Å². The summed E-state index contributed by atoms with van der Waals surface area (Å²) in [5, 5.41) is 11.0. The molecule has 0 aliphatic heterocycles. The summed E-state index contributed by atoms with van der Waals surface area (Å²) in [7, 11) is 0. The van der Waals surface area contributed by atoms with E-state index in [9.17, 15) is 4.79 Å². The molecule has 0 saturated heterocycles. The first-order valence-corrected chi connectivity index (χ1v) is 7.90. The van der Waals surface area contributed by atoms with Crippen molar-refractivity contribution in [3.8, 4) is 17.2 Å². The van der Waals surface area contributed by atoms with Crippen LogP contribution in [-0.2, 0) is 11.2 Å². The quantitative estimate of drug-likeness (QED) is 0.621. The number of Topliss-reactive ketones (excluding diaryl/α,β-unsaturated/α-hetero) is 1. The zero-order chi connectivity index (χ0) is 17.4. The van der Waals surface area contributed by atoms with Crippen molar-refractivity contribution in [2.45, 2.75) is 13.3 Å². The number of nitriles is 1. The molecular formula is C20H14N4O. The van der Waals surface area contributed by atoms with Crippen LogP contribution in [0.4, 0.5) is 0 Å². The van der Waals surface area contributed by atoms with Gasteiger partial charge in [0.15, 0.2) is 0 Å². The molecule has 0 amide bonds. The van der Waals surface area contributed by atoms with Gasteiger partial charge in [-0.3, -0.25) is 4.79 Å². The molecule has 3 aromatic heterocycles. The van der Waals surface area contributed by atoms with Gasteiger partial charge in [0.25, 0.3) is 0 Å². The molecule has 0 unspecified atom stereocenters. The molecule has 4 rings (SSSR count). The Kier molecular flexibility index (Phi) is 3.51. The second kappa shape index (κ2) is 5.84. The third-order valence-electron chi connectivity index (χ3n) is 4.16. The SMILES string of the molecule is CC(=O)Cc1cccc(-c2cnc3[nH]c4cnc(C#N)cc4c3c2)c1. The molecule has 0 fully saturated rings. The van der Waals surface area contributed by atoms with Crippen LogP contribution in [-0.4, -0.2) is 20.7 Å². The zero-order valence-corrected chi connectivity index (χ0v) is 13.6. The minimum atomic E-state index is 0.138. The van der Waals surface area contributed by atoms with Crippen LogP contribution in [0, 0.1) is 11.3 Å². The number of H-pyrrole nitrogens is 1. The van der Waals surface area contributed by atoms with E-state index in [1.54, 1.807) is 19.2 Å². The highest BCUT2D eigenvalue weighted by Gasteiger charge is 2.09. The number of ketones is 1. The normalized spacial score (nSPS) is 10.9. The number of rotatable bonds is 3. The van der Waals surface area contributed by atoms with Crippen LogP contribution in [0.15, 0.2) is 48.8 Å². The van der Waals surface area contributed by atoms with Crippen LogP contribution in [0.1, 0.15) is 18.2 Å². The van der Waals surface area contributed by atoms with Crippen molar-refractivity contribution >= 4 is 27.7 Å². The lowest BCUT2D eigenvalue weighted by Crippen LogP contribution is -1.96. The molecule has 25 heavy (non-hydrogen) atoms. The number of aromatic nitrogens is 3. The van der Waals surface area contributed by atoms with E-state index in [1.165, 1.54) is 0 Å². The maximum Gasteiger partial charge on any atom is 0.141 e. The van der Waals surface area contributed by atoms with Crippen molar-refractivity contribution < 1.29 is 4.79 Å². The Morgan fingerprint density at radius 1 is 1.12 bits per heavy atom. The summed E-state index contributed by atoms with van der Waals surface area (Å²) in [5.74, 6) is 0.138. The van der Waals surface area contributed by atoms with Gasteiger partial charge in [-0.2, -0.15) is 5.26 Å². The fourth-order valence-electron chi connectivity index (χ4n) is 3.04. The van der Waals surface area contributed by atoms with Crippen molar-refractivity contribution in [2.24, 2.45) is 0 Å². The second-order valence-electron chi connectivity index (χ2n) is 6.05. The highest BCUT2D eigenvalue weighted by molar-refractivity contribution is 6.07. The molecule has 0 aliphatic carbocycles. The van der Waals surface area contributed by atoms with Crippen LogP contribution in [0.25, 0.3) is 33.1 Å². The fraction of sp³-hybridized carbons (Fsp3) is 0.100. The predicted molar refractivity (Wildman–Crippen MR) is 95.9 cm³/mol. The van der Waals surface area contributed by atoms with Crippen molar-refractivity contribution in [1.29, 1.82) is 5.26 Å². The summed E-state index contributed by atoms with van der Waals surface area (Å²) in [6, 6.07) is 13.8. The Morgan fingerprint density at radius 3 is 2.80 bits per heavy atom. The molecule has 4 aromatic rings. The predicted octanol–water partition coefficient (Wildman–Crippen LogP) is 3.78. The lowest BCUT2D eigenvalue weighted by molar-refractivity contribution is -0.116. The molecule has 120 valence electrons. The summed E-state index contributed by atoms with van der Waals surface area (Å²) >= 11 is 0. The fourth-order valence-corrected chi connectivity index (χ4v) is 3.04. The molecule has 5 nitrogen and oxygen atoms in total. The van der Waals surface area contributed by atoms with Crippen molar-refractivity contribution in [2.75, 3.05) is 0 Å². The van der Waals surface area contributed by atoms with Crippen LogP contribution in [0.2, 0.25) is 0 Å². The van der Waals surface area contributed by atoms with Gasteiger partial charge in [0.05, 0.1) is 11.7 Å². The van der Waals surface area contributed by atoms with Gasteiger partial charge in [0.2, 0.25) is 0 Å². The lowest BCUT2D eigenvalue weighted by atomic mass is 10.0. The molecule has 0 bridgehead atoms. The number of hydrogen-bond acceptors (Lipinski definition) is 4. The average molecular weight is 326 g/mol. The van der Waals surface area contributed by atoms with Gasteiger partial charge in [0.1, 0.15) is 23.2 Å². The average Bonchev–Trinajstić information content (AvgIpc) is 2.98. The zero-order valence-electron chi connectivity index (χ0n) is 13.6. The van der Waals surface area contributed by atoms with Crippen LogP contribution >= 0.6 is 0 Å². The lowest BCUT2D eigenvalue weighted by Gasteiger charge is -2.05. The largest absolute Gasteiger partial charge is 0.338 e. The minimum absolute atomic E-state index is 0.138. The molecule has 0 spiro atoms. The Morgan fingerprint density at radius 2 is 2.00 bits per heavy atom. The van der Waals surface area contributed by atoms with Gasteiger partial charge in [0, 0.05) is 29.0 Å². The Hall–Kier alpha value is -3.52. The van der Waals surface area contributed by atoms with Gasteiger partial charge in [-0.15, -0.1) is 0 Å². The molecule has 1 aromatic carbocycles. The molecule has 0 atom stereocenters. The van der Waals surface area contributed by atoms with Crippen LogP contribution in [0.3, 0.4) is 0 Å². The summed E-state index contributed by atoms with van der Waals surface area (Å²) < 4.78 is 0. The Bertz CT molecular complexity index is 1170. The topological polar surface area (TPSA) is 82.4 Å². The van der Waals surface area contributed by atoms with E-state index >= 15 is 0 Å². The molecular weight excluding hydrogens is 312 g/mol. The summed E-state index contributed by atoms with van der Waals surface area (Å²) in [6.45, 7) is 1.59. The van der Waals surface area contributed by atoms with E-state index in [2.05, 4.69) is 27.1 Å². The van der Waals surface area contributed by atoms with Gasteiger partial charge >= 0.3 is 0 Å². The highest BCUT2D eigenvalue weighted by Crippen LogP contribution is 2.29. The molecule has 1 N–H and O–H groups in total. The minimum Gasteiger partial charge on any atom is -0.338 e. The highest BCUT2D eigenvalue weighted by atomic mass is 16.1. The number of benzene rings is 1. The standard InChI is InChI=1S/C20H14N4O/c1-12(25)5-13-3-2-4-14(6-13)15-7-18-17-8-16(9-21)22-11-19(17)24-20(18)23-10-15/h2-4,6-8,10-11H,5H2,1H3,(H,23,24). The third kappa shape index (κ3) is 2.74. The number of pyridine rings is 2. The Labute approximate surface area is 144 Å². The van der Waals surface area contributed by atoms with E-state index in [-0.39, 0.29) is 5.78 Å². The van der Waals surface area contributed by atoms with Crippen LogP contribution < -0.4 is 0 Å². The number of carbonyl (C=O) groups is 1. The Balaban J connectivity index is 1.87. The molecule has 5 heteroatoms. The number of carbonyl (C=O) groups excluding carboxylic acids is 1. The van der Waals surface area contributed by atoms with E-state index in [0.29, 0.717) is 12.1 Å². The first kappa shape index (κ1) is 15.0. The monoisotopic (exact) mass is 326 g/mol. The van der Waals surface area contributed by atoms with Gasteiger partial charge < -0.3 is 4.98 Å². The van der Waals surface area contributed by atoms with E-state index < -0.39 is 0 Å². The smallest absolute Gasteiger partial charge is 0.141 e. The first-order chi connectivity index (χ1) is 12.1.